The van der Waals surface area contributed by atoms with E-state index in [1.807, 2.05) is 61.5 Å². The highest BCUT2D eigenvalue weighted by molar-refractivity contribution is 5.97. The van der Waals surface area contributed by atoms with Crippen LogP contribution in [-0.2, 0) is 9.53 Å². The van der Waals surface area contributed by atoms with E-state index < -0.39 is 5.97 Å². The summed E-state index contributed by atoms with van der Waals surface area (Å²) in [6.07, 6.45) is 3.46. The van der Waals surface area contributed by atoms with Crippen LogP contribution in [0.1, 0.15) is 23.6 Å². The number of aryl methyl sites for hydroxylation is 1. The summed E-state index contributed by atoms with van der Waals surface area (Å²) in [4.78, 5) is 11.9. The highest BCUT2D eigenvalue weighted by Crippen LogP contribution is 2.37. The fourth-order valence-electron chi connectivity index (χ4n) is 2.58. The van der Waals surface area contributed by atoms with E-state index in [9.17, 15) is 4.79 Å². The van der Waals surface area contributed by atoms with Gasteiger partial charge in [0, 0.05) is 11.1 Å². The lowest BCUT2D eigenvalue weighted by molar-refractivity contribution is -0.137. The Bertz CT molecular complexity index is 800. The maximum atomic E-state index is 11.9. The fraction of sp³-hybridized carbons (Fsp3) is 0.150. The van der Waals surface area contributed by atoms with Crippen LogP contribution in [0.4, 0.5) is 0 Å². The van der Waals surface area contributed by atoms with E-state index in [0.717, 1.165) is 28.0 Å². The molecule has 1 heterocycles. The molecule has 0 fully saturated rings. The van der Waals surface area contributed by atoms with E-state index in [4.69, 9.17) is 9.47 Å². The molecule has 0 aliphatic carbocycles. The van der Waals surface area contributed by atoms with E-state index >= 15 is 0 Å². The third-order valence-corrected chi connectivity index (χ3v) is 3.68. The summed E-state index contributed by atoms with van der Waals surface area (Å²) >= 11 is 0. The van der Waals surface area contributed by atoms with Crippen molar-refractivity contribution in [2.45, 2.75) is 13.8 Å². The van der Waals surface area contributed by atoms with Crippen LogP contribution in [0.2, 0.25) is 0 Å². The number of esters is 1. The van der Waals surface area contributed by atoms with E-state index in [-0.39, 0.29) is 0 Å². The zero-order valence-electron chi connectivity index (χ0n) is 13.2. The molecule has 0 atom stereocenters. The summed E-state index contributed by atoms with van der Waals surface area (Å²) in [5.41, 5.74) is 4.04. The van der Waals surface area contributed by atoms with Gasteiger partial charge in [-0.15, -0.1) is 0 Å². The van der Waals surface area contributed by atoms with Crippen molar-refractivity contribution in [3.8, 4) is 5.75 Å². The number of benzene rings is 2. The predicted molar refractivity (Wildman–Crippen MR) is 90.8 cm³/mol. The Kier molecular flexibility index (Phi) is 4.29. The van der Waals surface area contributed by atoms with E-state index in [1.165, 1.54) is 6.08 Å². The Labute approximate surface area is 135 Å². The minimum atomic E-state index is -0.402. The van der Waals surface area contributed by atoms with Crippen molar-refractivity contribution in [3.63, 3.8) is 0 Å². The third-order valence-electron chi connectivity index (χ3n) is 3.68. The SMILES string of the molecule is CCOC(=O)/C=C1\Oc2ccccc2C=C1c1ccccc1C. The lowest BCUT2D eigenvalue weighted by Crippen LogP contribution is -2.10. The van der Waals surface area contributed by atoms with Gasteiger partial charge in [0.1, 0.15) is 11.5 Å². The lowest BCUT2D eigenvalue weighted by Gasteiger charge is -2.21. The number of rotatable bonds is 3. The number of allylic oxidation sites excluding steroid dienone is 1. The van der Waals surface area contributed by atoms with E-state index in [0.29, 0.717) is 12.4 Å². The van der Waals surface area contributed by atoms with E-state index in [1.54, 1.807) is 6.92 Å². The Morgan fingerprint density at radius 3 is 2.65 bits per heavy atom. The number of hydrogen-bond donors (Lipinski definition) is 0. The van der Waals surface area contributed by atoms with Crippen LogP contribution in [0.3, 0.4) is 0 Å². The minimum absolute atomic E-state index is 0.336. The zero-order chi connectivity index (χ0) is 16.2. The maximum absolute atomic E-state index is 11.9. The maximum Gasteiger partial charge on any atom is 0.334 e. The second-order valence-corrected chi connectivity index (χ2v) is 5.27. The van der Waals surface area contributed by atoms with Gasteiger partial charge in [-0.25, -0.2) is 4.79 Å². The van der Waals surface area contributed by atoms with Crippen LogP contribution < -0.4 is 4.74 Å². The van der Waals surface area contributed by atoms with Gasteiger partial charge in [-0.3, -0.25) is 0 Å². The van der Waals surface area contributed by atoms with Gasteiger partial charge in [0.05, 0.1) is 12.7 Å². The summed E-state index contributed by atoms with van der Waals surface area (Å²) in [6.45, 7) is 4.16. The molecule has 0 aromatic heterocycles. The Hall–Kier alpha value is -2.81. The van der Waals surface area contributed by atoms with Crippen molar-refractivity contribution in [2.75, 3.05) is 6.61 Å². The molecule has 23 heavy (non-hydrogen) atoms. The number of para-hydroxylation sites is 1. The molecule has 0 N–H and O–H groups in total. The number of hydrogen-bond acceptors (Lipinski definition) is 3. The summed E-state index contributed by atoms with van der Waals surface area (Å²) in [5, 5.41) is 0. The molecule has 0 saturated carbocycles. The van der Waals surface area contributed by atoms with Crippen LogP contribution in [-0.4, -0.2) is 12.6 Å². The molecular weight excluding hydrogens is 288 g/mol. The Morgan fingerprint density at radius 2 is 1.87 bits per heavy atom. The number of ether oxygens (including phenoxy) is 2. The Balaban J connectivity index is 2.12. The summed E-state index contributed by atoms with van der Waals surface area (Å²) in [5.74, 6) is 0.846. The van der Waals surface area contributed by atoms with Crippen LogP contribution >= 0.6 is 0 Å². The van der Waals surface area contributed by atoms with Gasteiger partial charge in [0.2, 0.25) is 0 Å². The minimum Gasteiger partial charge on any atom is -0.463 e. The number of carbonyl (C=O) groups excluding carboxylic acids is 1. The smallest absolute Gasteiger partial charge is 0.334 e. The van der Waals surface area contributed by atoms with Gasteiger partial charge in [0.15, 0.2) is 0 Å². The first kappa shape index (κ1) is 15.1. The molecule has 0 spiro atoms. The van der Waals surface area contributed by atoms with Crippen molar-refractivity contribution in [2.24, 2.45) is 0 Å². The molecule has 116 valence electrons. The molecule has 0 bridgehead atoms. The van der Waals surface area contributed by atoms with Crippen LogP contribution in [0, 0.1) is 6.92 Å². The Morgan fingerprint density at radius 1 is 1.13 bits per heavy atom. The van der Waals surface area contributed by atoms with Crippen LogP contribution in [0.25, 0.3) is 11.6 Å². The largest absolute Gasteiger partial charge is 0.463 e. The van der Waals surface area contributed by atoms with Gasteiger partial charge in [0.25, 0.3) is 0 Å². The highest BCUT2D eigenvalue weighted by Gasteiger charge is 2.20. The topological polar surface area (TPSA) is 35.5 Å². The predicted octanol–water partition coefficient (Wildman–Crippen LogP) is 4.38. The van der Waals surface area contributed by atoms with Crippen LogP contribution in [0.15, 0.2) is 60.4 Å². The molecule has 0 saturated heterocycles. The second kappa shape index (κ2) is 6.53. The normalized spacial score (nSPS) is 14.7. The standard InChI is InChI=1S/C20H18O3/c1-3-22-20(21)13-19-17(16-10-6-4-8-14(16)2)12-15-9-5-7-11-18(15)23-19/h4-13H,3H2,1-2H3/b19-13-. The summed E-state index contributed by atoms with van der Waals surface area (Å²) < 4.78 is 11.0. The van der Waals surface area contributed by atoms with E-state index in [2.05, 4.69) is 0 Å². The monoisotopic (exact) mass is 306 g/mol. The first-order valence-corrected chi connectivity index (χ1v) is 7.62. The molecule has 2 aromatic carbocycles. The quantitative estimate of drug-likeness (QED) is 0.624. The summed E-state index contributed by atoms with van der Waals surface area (Å²) in [6, 6.07) is 15.8. The van der Waals surface area contributed by atoms with Crippen molar-refractivity contribution in [1.29, 1.82) is 0 Å². The fourth-order valence-corrected chi connectivity index (χ4v) is 2.58. The molecule has 1 aliphatic rings. The molecule has 1 aliphatic heterocycles. The van der Waals surface area contributed by atoms with Crippen molar-refractivity contribution >= 4 is 17.6 Å². The van der Waals surface area contributed by atoms with Crippen molar-refractivity contribution in [1.82, 2.24) is 0 Å². The van der Waals surface area contributed by atoms with Gasteiger partial charge in [-0.2, -0.15) is 0 Å². The molecule has 3 rings (SSSR count). The second-order valence-electron chi connectivity index (χ2n) is 5.27. The van der Waals surface area contributed by atoms with Crippen molar-refractivity contribution < 1.29 is 14.3 Å². The first-order chi connectivity index (χ1) is 11.2. The molecule has 0 radical (unpaired) electrons. The van der Waals surface area contributed by atoms with Gasteiger partial charge < -0.3 is 9.47 Å². The molecule has 3 heteroatoms. The van der Waals surface area contributed by atoms with Crippen LogP contribution in [0.5, 0.6) is 5.75 Å². The number of carbonyl (C=O) groups is 1. The van der Waals surface area contributed by atoms with Gasteiger partial charge in [-0.1, -0.05) is 42.5 Å². The first-order valence-electron chi connectivity index (χ1n) is 7.62. The average Bonchev–Trinajstić information content (AvgIpc) is 2.55. The third kappa shape index (κ3) is 3.19. The van der Waals surface area contributed by atoms with Gasteiger partial charge >= 0.3 is 5.97 Å². The zero-order valence-corrected chi connectivity index (χ0v) is 13.2. The lowest BCUT2D eigenvalue weighted by atomic mass is 9.95. The highest BCUT2D eigenvalue weighted by atomic mass is 16.5. The summed E-state index contributed by atoms with van der Waals surface area (Å²) in [7, 11) is 0. The molecule has 3 nitrogen and oxygen atoms in total. The number of fused-ring (bicyclic) bond motifs is 1. The molecular formula is C20H18O3. The molecule has 0 unspecified atom stereocenters. The molecule has 0 amide bonds. The van der Waals surface area contributed by atoms with Gasteiger partial charge in [-0.05, 0) is 37.1 Å². The molecule has 2 aromatic rings. The average molecular weight is 306 g/mol. The van der Waals surface area contributed by atoms with Crippen molar-refractivity contribution in [3.05, 3.63) is 77.1 Å².